The van der Waals surface area contributed by atoms with E-state index in [1.165, 1.54) is 12.1 Å². The van der Waals surface area contributed by atoms with Gasteiger partial charge in [0.1, 0.15) is 10.6 Å². The second-order valence-electron chi connectivity index (χ2n) is 6.26. The van der Waals surface area contributed by atoms with Gasteiger partial charge in [-0.25, -0.2) is 0 Å². The van der Waals surface area contributed by atoms with Gasteiger partial charge >= 0.3 is 10.6 Å². The van der Waals surface area contributed by atoms with Gasteiger partial charge in [-0.05, 0) is 61.0 Å². The average Bonchev–Trinajstić information content (AvgIpc) is 2.77. The lowest BCUT2D eigenvalue weighted by Gasteiger charge is -2.06. The van der Waals surface area contributed by atoms with Crippen molar-refractivity contribution < 1.29 is 25.2 Å². The standard InChI is InChI=1S/C20H19N5O3S.O3S/c1-14-12-15(21)8-10-18(14)24-25-19-11-9-17(13-20(19)29(26,27)28-2)23-22-16-6-4-3-5-7-16;1-4(2)3/h3-13H,21H2,1-2H3;. The minimum absolute atomic E-state index is 0.127. The van der Waals surface area contributed by atoms with Crippen LogP contribution >= 0.6 is 0 Å². The fourth-order valence-corrected chi connectivity index (χ4v) is 3.26. The molecule has 0 radical (unpaired) electrons. The highest BCUT2D eigenvalue weighted by molar-refractivity contribution is 7.87. The van der Waals surface area contributed by atoms with Crippen molar-refractivity contribution in [2.75, 3.05) is 12.8 Å². The van der Waals surface area contributed by atoms with E-state index in [-0.39, 0.29) is 10.6 Å². The number of benzene rings is 3. The Morgan fingerprint density at radius 2 is 1.36 bits per heavy atom. The zero-order valence-electron chi connectivity index (χ0n) is 17.5. The summed E-state index contributed by atoms with van der Waals surface area (Å²) in [4.78, 5) is -0.152. The monoisotopic (exact) mass is 489 g/mol. The molecule has 0 saturated heterocycles. The molecule has 2 N–H and O–H groups in total. The molecular weight excluding hydrogens is 470 g/mol. The molecule has 3 rings (SSSR count). The zero-order valence-corrected chi connectivity index (χ0v) is 19.1. The van der Waals surface area contributed by atoms with E-state index in [0.717, 1.165) is 12.7 Å². The van der Waals surface area contributed by atoms with Crippen molar-refractivity contribution in [1.82, 2.24) is 0 Å². The molecule has 0 unspecified atom stereocenters. The predicted molar refractivity (Wildman–Crippen MR) is 121 cm³/mol. The number of nitrogen functional groups attached to an aromatic ring is 1. The SMILES string of the molecule is COS(=O)(=O)c1cc(N=Nc2ccccc2)ccc1N=Nc1ccc(N)cc1C.O=S(=O)=O. The van der Waals surface area contributed by atoms with E-state index in [1.54, 1.807) is 36.4 Å². The van der Waals surface area contributed by atoms with Gasteiger partial charge in [0.15, 0.2) is 0 Å². The van der Waals surface area contributed by atoms with Crippen LogP contribution in [0, 0.1) is 6.92 Å². The first kappa shape index (κ1) is 25.5. The molecule has 0 saturated carbocycles. The summed E-state index contributed by atoms with van der Waals surface area (Å²) in [6.07, 6.45) is 0. The summed E-state index contributed by atoms with van der Waals surface area (Å²) in [5.74, 6) is 0. The van der Waals surface area contributed by atoms with Crippen LogP contribution < -0.4 is 5.73 Å². The van der Waals surface area contributed by atoms with Crippen LogP contribution in [0.4, 0.5) is 28.4 Å². The molecular formula is C20H19N5O6S2. The fraction of sp³-hybridized carbons (Fsp3) is 0.100. The molecule has 0 amide bonds. The van der Waals surface area contributed by atoms with Crippen LogP contribution in [0.15, 0.2) is 92.1 Å². The second-order valence-corrected chi connectivity index (χ2v) is 8.35. The molecule has 0 fully saturated rings. The van der Waals surface area contributed by atoms with Gasteiger partial charge in [-0.1, -0.05) is 18.2 Å². The van der Waals surface area contributed by atoms with Crippen LogP contribution in [0.1, 0.15) is 5.56 Å². The minimum atomic E-state index is -4.03. The maximum Gasteiger partial charge on any atom is 0.425 e. The van der Waals surface area contributed by atoms with E-state index in [9.17, 15) is 8.42 Å². The highest BCUT2D eigenvalue weighted by Crippen LogP contribution is 2.32. The van der Waals surface area contributed by atoms with Crippen LogP contribution in [0.2, 0.25) is 0 Å². The van der Waals surface area contributed by atoms with Gasteiger partial charge in [0.2, 0.25) is 0 Å². The summed E-state index contributed by atoms with van der Waals surface area (Å²) in [7, 11) is -6.06. The van der Waals surface area contributed by atoms with Gasteiger partial charge < -0.3 is 5.73 Å². The fourth-order valence-electron chi connectivity index (χ4n) is 2.45. The third-order valence-corrected chi connectivity index (χ3v) is 5.26. The number of hydrogen-bond acceptors (Lipinski definition) is 11. The van der Waals surface area contributed by atoms with E-state index in [4.69, 9.17) is 18.4 Å². The molecule has 3 aromatic carbocycles. The highest BCUT2D eigenvalue weighted by atomic mass is 32.2. The van der Waals surface area contributed by atoms with Crippen molar-refractivity contribution in [3.05, 3.63) is 72.3 Å². The van der Waals surface area contributed by atoms with Gasteiger partial charge in [0, 0.05) is 5.69 Å². The Labute approximate surface area is 191 Å². The summed E-state index contributed by atoms with van der Waals surface area (Å²) in [5.41, 5.74) is 8.85. The van der Waals surface area contributed by atoms with Crippen LogP contribution in [0.25, 0.3) is 0 Å². The van der Waals surface area contributed by atoms with Gasteiger partial charge in [0.05, 0.1) is 24.2 Å². The average molecular weight is 490 g/mol. The molecule has 0 aromatic heterocycles. The Balaban J connectivity index is 0.000000890. The smallest absolute Gasteiger partial charge is 0.399 e. The Morgan fingerprint density at radius 1 is 0.788 bits per heavy atom. The van der Waals surface area contributed by atoms with Crippen molar-refractivity contribution in [2.45, 2.75) is 11.8 Å². The first-order chi connectivity index (χ1) is 15.6. The lowest BCUT2D eigenvalue weighted by atomic mass is 10.2. The Hall–Kier alpha value is -3.81. The largest absolute Gasteiger partial charge is 0.425 e. The summed E-state index contributed by atoms with van der Waals surface area (Å²) in [6.45, 7) is 1.84. The third kappa shape index (κ3) is 7.99. The summed E-state index contributed by atoms with van der Waals surface area (Å²) in [6, 6.07) is 18.7. The Bertz CT molecular complexity index is 1380. The zero-order chi connectivity index (χ0) is 24.4. The van der Waals surface area contributed by atoms with E-state index >= 15 is 0 Å². The van der Waals surface area contributed by atoms with E-state index in [2.05, 4.69) is 24.6 Å². The first-order valence-electron chi connectivity index (χ1n) is 9.08. The number of nitrogens with two attached hydrogens (primary N) is 1. The predicted octanol–water partition coefficient (Wildman–Crippen LogP) is 4.74. The van der Waals surface area contributed by atoms with E-state index in [1.807, 2.05) is 25.1 Å². The maximum atomic E-state index is 12.4. The van der Waals surface area contributed by atoms with Crippen LogP contribution in [0.3, 0.4) is 0 Å². The van der Waals surface area contributed by atoms with Crippen molar-refractivity contribution >= 4 is 49.2 Å². The normalized spacial score (nSPS) is 11.3. The molecule has 0 atom stereocenters. The molecule has 0 spiro atoms. The summed E-state index contributed by atoms with van der Waals surface area (Å²) in [5, 5.41) is 16.4. The molecule has 0 aliphatic carbocycles. The van der Waals surface area contributed by atoms with Crippen molar-refractivity contribution in [3.63, 3.8) is 0 Å². The van der Waals surface area contributed by atoms with Gasteiger partial charge in [-0.2, -0.15) is 23.8 Å². The van der Waals surface area contributed by atoms with Gasteiger partial charge in [0.25, 0.3) is 10.1 Å². The quantitative estimate of drug-likeness (QED) is 0.296. The summed E-state index contributed by atoms with van der Waals surface area (Å²) < 4.78 is 54.7. The molecule has 33 heavy (non-hydrogen) atoms. The maximum absolute atomic E-state index is 12.4. The molecule has 0 aliphatic heterocycles. The van der Waals surface area contributed by atoms with Crippen molar-refractivity contribution in [3.8, 4) is 0 Å². The number of rotatable bonds is 6. The molecule has 13 heteroatoms. The third-order valence-electron chi connectivity index (χ3n) is 3.96. The molecule has 0 bridgehead atoms. The minimum Gasteiger partial charge on any atom is -0.399 e. The lowest BCUT2D eigenvalue weighted by Crippen LogP contribution is -2.02. The van der Waals surface area contributed by atoms with E-state index < -0.39 is 20.7 Å². The van der Waals surface area contributed by atoms with Gasteiger partial charge in [-0.3, -0.25) is 4.18 Å². The number of anilines is 1. The van der Waals surface area contributed by atoms with Crippen LogP contribution in [-0.4, -0.2) is 28.2 Å². The Kier molecular flexibility index (Phi) is 9.03. The molecule has 3 aromatic rings. The summed E-state index contributed by atoms with van der Waals surface area (Å²) >= 11 is 0. The lowest BCUT2D eigenvalue weighted by molar-refractivity contribution is 0.398. The molecule has 11 nitrogen and oxygen atoms in total. The molecule has 172 valence electrons. The second kappa shape index (κ2) is 11.7. The van der Waals surface area contributed by atoms with E-state index in [0.29, 0.717) is 22.7 Å². The number of nitrogens with zero attached hydrogens (tertiary/aromatic N) is 4. The first-order valence-corrected chi connectivity index (χ1v) is 11.5. The van der Waals surface area contributed by atoms with Crippen LogP contribution in [-0.2, 0) is 24.9 Å². The number of azo groups is 2. The van der Waals surface area contributed by atoms with Crippen molar-refractivity contribution in [1.29, 1.82) is 0 Å². The van der Waals surface area contributed by atoms with Gasteiger partial charge in [-0.15, -0.1) is 17.7 Å². The number of hydrogen-bond donors (Lipinski definition) is 1. The topological polar surface area (TPSA) is 170 Å². The van der Waals surface area contributed by atoms with Crippen LogP contribution in [0.5, 0.6) is 0 Å². The highest BCUT2D eigenvalue weighted by Gasteiger charge is 2.19. The number of aryl methyl sites for hydroxylation is 1. The molecule has 0 heterocycles. The Morgan fingerprint density at radius 3 is 1.97 bits per heavy atom. The van der Waals surface area contributed by atoms with Crippen molar-refractivity contribution in [2.24, 2.45) is 20.5 Å². The molecule has 0 aliphatic rings.